The van der Waals surface area contributed by atoms with Crippen molar-refractivity contribution in [3.63, 3.8) is 0 Å². The number of halogens is 2. The second kappa shape index (κ2) is 10.8. The Morgan fingerprint density at radius 1 is 1.03 bits per heavy atom. The van der Waals surface area contributed by atoms with E-state index in [-0.39, 0.29) is 18.5 Å². The molecule has 1 fully saturated rings. The SMILES string of the molecule is COc1ccc(CCN(C(=O)c2ccccc2F)C2CC(=O)N(c3ccc(Cl)cc3)C2=O)cc1OC. The molecule has 1 aliphatic heterocycles. The summed E-state index contributed by atoms with van der Waals surface area (Å²) in [6.07, 6.45) is 0.118. The maximum absolute atomic E-state index is 14.5. The van der Waals surface area contributed by atoms with Crippen molar-refractivity contribution in [3.8, 4) is 11.5 Å². The Balaban J connectivity index is 1.65. The average molecular weight is 511 g/mol. The molecule has 0 spiro atoms. The lowest BCUT2D eigenvalue weighted by atomic mass is 10.1. The molecular weight excluding hydrogens is 487 g/mol. The summed E-state index contributed by atoms with van der Waals surface area (Å²) in [6, 6.07) is 16.1. The molecule has 3 aromatic rings. The van der Waals surface area contributed by atoms with Crippen molar-refractivity contribution in [2.45, 2.75) is 18.9 Å². The molecule has 0 aromatic heterocycles. The summed E-state index contributed by atoms with van der Waals surface area (Å²) < 4.78 is 25.1. The fourth-order valence-corrected chi connectivity index (χ4v) is 4.32. The first-order valence-corrected chi connectivity index (χ1v) is 11.6. The van der Waals surface area contributed by atoms with E-state index in [2.05, 4.69) is 0 Å². The van der Waals surface area contributed by atoms with Crippen LogP contribution in [0.15, 0.2) is 66.7 Å². The van der Waals surface area contributed by atoms with Crippen molar-refractivity contribution >= 4 is 35.0 Å². The number of benzene rings is 3. The molecule has 7 nitrogen and oxygen atoms in total. The second-order valence-electron chi connectivity index (χ2n) is 8.18. The average Bonchev–Trinajstić information content (AvgIpc) is 3.18. The van der Waals surface area contributed by atoms with Crippen LogP contribution in [0.5, 0.6) is 11.5 Å². The predicted octanol–water partition coefficient (Wildman–Crippen LogP) is 4.51. The van der Waals surface area contributed by atoms with E-state index in [4.69, 9.17) is 21.1 Å². The summed E-state index contributed by atoms with van der Waals surface area (Å²) in [6.45, 7) is 0.0702. The lowest BCUT2D eigenvalue weighted by molar-refractivity contribution is -0.122. The standard InChI is InChI=1S/C27H24ClFN2O5/c1-35-23-12-7-17(15-24(23)36-2)13-14-30(26(33)20-5-3-4-6-21(20)29)22-16-25(32)31(27(22)34)19-10-8-18(28)9-11-19/h3-12,15,22H,13-14,16H2,1-2H3. The van der Waals surface area contributed by atoms with Gasteiger partial charge < -0.3 is 14.4 Å². The third-order valence-electron chi connectivity index (χ3n) is 6.04. The number of carbonyl (C=O) groups excluding carboxylic acids is 3. The molecule has 9 heteroatoms. The van der Waals surface area contributed by atoms with Crippen LogP contribution in [0.2, 0.25) is 5.02 Å². The minimum atomic E-state index is -1.08. The number of imide groups is 1. The lowest BCUT2D eigenvalue weighted by Gasteiger charge is -2.28. The van der Waals surface area contributed by atoms with E-state index < -0.39 is 29.6 Å². The summed E-state index contributed by atoms with van der Waals surface area (Å²) in [5.41, 5.74) is 0.996. The third-order valence-corrected chi connectivity index (χ3v) is 6.29. The molecule has 36 heavy (non-hydrogen) atoms. The molecule has 0 radical (unpaired) electrons. The molecule has 1 atom stereocenters. The van der Waals surface area contributed by atoms with Crippen LogP contribution in [0.4, 0.5) is 10.1 Å². The second-order valence-corrected chi connectivity index (χ2v) is 8.62. The van der Waals surface area contributed by atoms with Gasteiger partial charge in [-0.05, 0) is 60.5 Å². The Bertz CT molecular complexity index is 1300. The number of hydrogen-bond donors (Lipinski definition) is 0. The van der Waals surface area contributed by atoms with Crippen LogP contribution >= 0.6 is 11.6 Å². The van der Waals surface area contributed by atoms with Crippen molar-refractivity contribution in [1.29, 1.82) is 0 Å². The van der Waals surface area contributed by atoms with Gasteiger partial charge >= 0.3 is 0 Å². The fraction of sp³-hybridized carbons (Fsp3) is 0.222. The predicted molar refractivity (Wildman–Crippen MR) is 133 cm³/mol. The molecule has 3 amide bonds. The van der Waals surface area contributed by atoms with Crippen molar-refractivity contribution in [2.75, 3.05) is 25.7 Å². The number of methoxy groups -OCH3 is 2. The maximum Gasteiger partial charge on any atom is 0.257 e. The molecule has 1 aliphatic rings. The van der Waals surface area contributed by atoms with E-state index in [1.165, 1.54) is 37.3 Å². The summed E-state index contributed by atoms with van der Waals surface area (Å²) in [5.74, 6) is -1.31. The van der Waals surface area contributed by atoms with E-state index in [1.807, 2.05) is 6.07 Å². The van der Waals surface area contributed by atoms with Crippen LogP contribution in [0.1, 0.15) is 22.3 Å². The van der Waals surface area contributed by atoms with Crippen LogP contribution < -0.4 is 14.4 Å². The van der Waals surface area contributed by atoms with E-state index >= 15 is 0 Å². The van der Waals surface area contributed by atoms with Crippen molar-refractivity contribution in [1.82, 2.24) is 4.90 Å². The van der Waals surface area contributed by atoms with Gasteiger partial charge in [0.2, 0.25) is 5.91 Å². The van der Waals surface area contributed by atoms with Crippen LogP contribution in [0, 0.1) is 5.82 Å². The normalized spacial score (nSPS) is 15.2. The highest BCUT2D eigenvalue weighted by atomic mass is 35.5. The van der Waals surface area contributed by atoms with Crippen molar-refractivity contribution in [2.24, 2.45) is 0 Å². The first-order chi connectivity index (χ1) is 17.3. The Morgan fingerprint density at radius 3 is 2.39 bits per heavy atom. The van der Waals surface area contributed by atoms with Crippen molar-refractivity contribution < 1.29 is 28.2 Å². The minimum Gasteiger partial charge on any atom is -0.493 e. The molecule has 1 unspecified atom stereocenters. The van der Waals surface area contributed by atoms with Crippen molar-refractivity contribution in [3.05, 3.63) is 88.7 Å². The number of amides is 3. The van der Waals surface area contributed by atoms with Gasteiger partial charge in [0.25, 0.3) is 11.8 Å². The molecule has 1 saturated heterocycles. The summed E-state index contributed by atoms with van der Waals surface area (Å²) in [7, 11) is 3.05. The lowest BCUT2D eigenvalue weighted by Crippen LogP contribution is -2.46. The van der Waals surface area contributed by atoms with E-state index in [9.17, 15) is 18.8 Å². The first kappa shape index (κ1) is 25.2. The maximum atomic E-state index is 14.5. The monoisotopic (exact) mass is 510 g/mol. The van der Waals surface area contributed by atoms with Crippen LogP contribution in [-0.2, 0) is 16.0 Å². The minimum absolute atomic E-state index is 0.0702. The number of carbonyl (C=O) groups is 3. The molecular formula is C27H24ClFN2O5. The van der Waals surface area contributed by atoms with Gasteiger partial charge in [-0.2, -0.15) is 0 Å². The van der Waals surface area contributed by atoms with Crippen LogP contribution in [0.25, 0.3) is 0 Å². The zero-order valence-corrected chi connectivity index (χ0v) is 20.5. The van der Waals surface area contributed by atoms with Gasteiger partial charge in [0.1, 0.15) is 11.9 Å². The highest BCUT2D eigenvalue weighted by Gasteiger charge is 2.44. The number of rotatable bonds is 8. The smallest absolute Gasteiger partial charge is 0.257 e. The number of nitrogens with zero attached hydrogens (tertiary/aromatic N) is 2. The Morgan fingerprint density at radius 2 is 1.72 bits per heavy atom. The topological polar surface area (TPSA) is 76.2 Å². The third kappa shape index (κ3) is 5.04. The molecule has 3 aromatic carbocycles. The Hall–Kier alpha value is -3.91. The highest BCUT2D eigenvalue weighted by Crippen LogP contribution is 2.30. The van der Waals surface area contributed by atoms with E-state index in [0.29, 0.717) is 28.6 Å². The fourth-order valence-electron chi connectivity index (χ4n) is 4.19. The summed E-state index contributed by atoms with van der Waals surface area (Å²) in [4.78, 5) is 42.1. The van der Waals surface area contributed by atoms with Crippen LogP contribution in [-0.4, -0.2) is 49.4 Å². The van der Waals surface area contributed by atoms with E-state index in [1.54, 1.807) is 42.5 Å². The zero-order valence-electron chi connectivity index (χ0n) is 19.7. The molecule has 0 N–H and O–H groups in total. The molecule has 186 valence electrons. The molecule has 4 rings (SSSR count). The molecule has 0 aliphatic carbocycles. The van der Waals surface area contributed by atoms with Gasteiger partial charge in [0, 0.05) is 11.6 Å². The Kier molecular flexibility index (Phi) is 7.55. The zero-order chi connectivity index (χ0) is 25.8. The first-order valence-electron chi connectivity index (χ1n) is 11.2. The number of ether oxygens (including phenoxy) is 2. The Labute approximate surface area is 213 Å². The van der Waals surface area contributed by atoms with Gasteiger partial charge in [0.15, 0.2) is 11.5 Å². The highest BCUT2D eigenvalue weighted by molar-refractivity contribution is 6.31. The van der Waals surface area contributed by atoms with Gasteiger partial charge in [-0.1, -0.05) is 29.8 Å². The number of hydrogen-bond acceptors (Lipinski definition) is 5. The largest absolute Gasteiger partial charge is 0.493 e. The van der Waals surface area contributed by atoms with Gasteiger partial charge in [-0.15, -0.1) is 0 Å². The molecule has 0 bridgehead atoms. The molecule has 1 heterocycles. The van der Waals surface area contributed by atoms with E-state index in [0.717, 1.165) is 10.5 Å². The quantitative estimate of drug-likeness (QED) is 0.417. The van der Waals surface area contributed by atoms with Crippen LogP contribution in [0.3, 0.4) is 0 Å². The van der Waals surface area contributed by atoms with Gasteiger partial charge in [-0.3, -0.25) is 14.4 Å². The number of anilines is 1. The molecule has 0 saturated carbocycles. The van der Waals surface area contributed by atoms with Gasteiger partial charge in [0.05, 0.1) is 31.9 Å². The summed E-state index contributed by atoms with van der Waals surface area (Å²) in [5, 5.41) is 0.459. The van der Waals surface area contributed by atoms with Gasteiger partial charge in [-0.25, -0.2) is 9.29 Å². The summed E-state index contributed by atoms with van der Waals surface area (Å²) >= 11 is 5.94.